The smallest absolute Gasteiger partial charge is 0.186 e. The topological polar surface area (TPSA) is 37.4 Å². The second-order valence-corrected chi connectivity index (χ2v) is 7.32. The van der Waals surface area contributed by atoms with E-state index >= 15 is 0 Å². The number of hydrogen-bond donors (Lipinski definition) is 0. The molecule has 0 radical (unpaired) electrons. The SMILES string of the molecule is CC(=O)C1=C(C)N(c2ccccc2)C(C(=O)c2ccccc2)C1c1ccccc1. The molecule has 0 N–H and O–H groups in total. The Morgan fingerprint density at radius 1 is 0.759 bits per heavy atom. The van der Waals surface area contributed by atoms with Gasteiger partial charge in [0.15, 0.2) is 11.6 Å². The summed E-state index contributed by atoms with van der Waals surface area (Å²) in [7, 11) is 0. The summed E-state index contributed by atoms with van der Waals surface area (Å²) >= 11 is 0. The Balaban J connectivity index is 1.93. The monoisotopic (exact) mass is 381 g/mol. The molecule has 2 atom stereocenters. The summed E-state index contributed by atoms with van der Waals surface area (Å²) in [5.41, 5.74) is 4.08. The standard InChI is InChI=1S/C26H23NO2/c1-18-23(19(2)28)24(20-12-6-3-7-13-20)25(26(29)21-14-8-4-9-15-21)27(18)22-16-10-5-11-17-22/h3-17,24-25H,1-2H3. The third-order valence-corrected chi connectivity index (χ3v) is 5.56. The van der Waals surface area contributed by atoms with Crippen LogP contribution in [0.25, 0.3) is 0 Å². The normalized spacial score (nSPS) is 18.8. The lowest BCUT2D eigenvalue weighted by atomic mass is 9.82. The Labute approximate surface area is 171 Å². The first-order chi connectivity index (χ1) is 14.1. The lowest BCUT2D eigenvalue weighted by Crippen LogP contribution is -2.40. The van der Waals surface area contributed by atoms with Gasteiger partial charge in [0.1, 0.15) is 6.04 Å². The highest BCUT2D eigenvalue weighted by Crippen LogP contribution is 2.45. The molecule has 0 fully saturated rings. The molecule has 0 aliphatic carbocycles. The van der Waals surface area contributed by atoms with E-state index in [-0.39, 0.29) is 17.5 Å². The zero-order valence-electron chi connectivity index (χ0n) is 16.6. The summed E-state index contributed by atoms with van der Waals surface area (Å²) in [6.45, 7) is 3.53. The first-order valence-electron chi connectivity index (χ1n) is 9.80. The number of hydrogen-bond acceptors (Lipinski definition) is 3. The Hall–Kier alpha value is -3.46. The van der Waals surface area contributed by atoms with Crippen molar-refractivity contribution in [1.29, 1.82) is 0 Å². The number of benzene rings is 3. The van der Waals surface area contributed by atoms with E-state index in [0.29, 0.717) is 11.1 Å². The van der Waals surface area contributed by atoms with E-state index in [1.54, 1.807) is 6.92 Å². The average molecular weight is 381 g/mol. The van der Waals surface area contributed by atoms with Crippen LogP contribution >= 0.6 is 0 Å². The molecule has 1 aliphatic heterocycles. The minimum atomic E-state index is -0.513. The third-order valence-electron chi connectivity index (χ3n) is 5.56. The summed E-state index contributed by atoms with van der Waals surface area (Å²) in [4.78, 5) is 28.5. The van der Waals surface area contributed by atoms with Crippen LogP contribution in [0.1, 0.15) is 35.7 Å². The van der Waals surface area contributed by atoms with Crippen molar-refractivity contribution in [2.75, 3.05) is 4.90 Å². The molecule has 29 heavy (non-hydrogen) atoms. The lowest BCUT2D eigenvalue weighted by molar-refractivity contribution is -0.113. The first-order valence-corrected chi connectivity index (χ1v) is 9.80. The van der Waals surface area contributed by atoms with Gasteiger partial charge in [0.05, 0.1) is 0 Å². The molecule has 3 aromatic rings. The number of carbonyl (C=O) groups is 2. The van der Waals surface area contributed by atoms with Crippen molar-refractivity contribution < 1.29 is 9.59 Å². The molecule has 3 aromatic carbocycles. The fraction of sp³-hybridized carbons (Fsp3) is 0.154. The van der Waals surface area contributed by atoms with Crippen LogP contribution in [-0.2, 0) is 4.79 Å². The number of ketones is 2. The van der Waals surface area contributed by atoms with Gasteiger partial charge in [-0.2, -0.15) is 0 Å². The van der Waals surface area contributed by atoms with Crippen molar-refractivity contribution in [3.63, 3.8) is 0 Å². The molecule has 0 saturated heterocycles. The second kappa shape index (κ2) is 7.88. The number of Topliss-reactive ketones (excluding diaryl/α,β-unsaturated/α-hetero) is 2. The molecule has 3 heteroatoms. The zero-order valence-corrected chi connectivity index (χ0v) is 16.6. The van der Waals surface area contributed by atoms with E-state index in [1.807, 2.05) is 103 Å². The van der Waals surface area contributed by atoms with E-state index in [0.717, 1.165) is 16.9 Å². The Bertz CT molecular complexity index is 1060. The van der Waals surface area contributed by atoms with Crippen molar-refractivity contribution in [2.24, 2.45) is 0 Å². The lowest BCUT2D eigenvalue weighted by Gasteiger charge is -2.31. The summed E-state index contributed by atoms with van der Waals surface area (Å²) in [6, 6.07) is 28.5. The fourth-order valence-electron chi connectivity index (χ4n) is 4.34. The van der Waals surface area contributed by atoms with Gasteiger partial charge in [-0.05, 0) is 31.5 Å². The molecule has 2 unspecified atom stereocenters. The molecule has 0 saturated carbocycles. The molecule has 0 aromatic heterocycles. The number of carbonyl (C=O) groups excluding carboxylic acids is 2. The fourth-order valence-corrected chi connectivity index (χ4v) is 4.34. The molecular weight excluding hydrogens is 358 g/mol. The Morgan fingerprint density at radius 2 is 1.28 bits per heavy atom. The minimum Gasteiger partial charge on any atom is -0.333 e. The molecule has 0 bridgehead atoms. The summed E-state index contributed by atoms with van der Waals surface area (Å²) in [6.07, 6.45) is 0. The van der Waals surface area contributed by atoms with Gasteiger partial charge in [-0.15, -0.1) is 0 Å². The number of anilines is 1. The van der Waals surface area contributed by atoms with E-state index in [1.165, 1.54) is 0 Å². The molecule has 0 amide bonds. The molecule has 3 nitrogen and oxygen atoms in total. The van der Waals surface area contributed by atoms with E-state index < -0.39 is 6.04 Å². The van der Waals surface area contributed by atoms with Gasteiger partial charge in [0, 0.05) is 28.4 Å². The summed E-state index contributed by atoms with van der Waals surface area (Å²) in [5, 5.41) is 0. The number of rotatable bonds is 5. The quantitative estimate of drug-likeness (QED) is 0.555. The van der Waals surface area contributed by atoms with Gasteiger partial charge in [-0.3, -0.25) is 9.59 Å². The van der Waals surface area contributed by atoms with Crippen LogP contribution in [0.5, 0.6) is 0 Å². The van der Waals surface area contributed by atoms with Gasteiger partial charge < -0.3 is 4.90 Å². The van der Waals surface area contributed by atoms with Crippen LogP contribution in [-0.4, -0.2) is 17.6 Å². The predicted octanol–water partition coefficient (Wildman–Crippen LogP) is 5.40. The summed E-state index contributed by atoms with van der Waals surface area (Å²) < 4.78 is 0. The van der Waals surface area contributed by atoms with Crippen molar-refractivity contribution >= 4 is 17.3 Å². The minimum absolute atomic E-state index is 0.000598. The largest absolute Gasteiger partial charge is 0.333 e. The van der Waals surface area contributed by atoms with Gasteiger partial charge in [0.2, 0.25) is 0 Å². The first kappa shape index (κ1) is 18.9. The maximum absolute atomic E-state index is 13.7. The Morgan fingerprint density at radius 3 is 1.83 bits per heavy atom. The van der Waals surface area contributed by atoms with Crippen LogP contribution in [0.2, 0.25) is 0 Å². The summed E-state index contributed by atoms with van der Waals surface area (Å²) in [5.74, 6) is -0.304. The van der Waals surface area contributed by atoms with Crippen LogP contribution in [0.15, 0.2) is 102 Å². The van der Waals surface area contributed by atoms with E-state index in [4.69, 9.17) is 0 Å². The molecular formula is C26H23NO2. The molecule has 0 spiro atoms. The van der Waals surface area contributed by atoms with Gasteiger partial charge in [-0.1, -0.05) is 78.9 Å². The predicted molar refractivity (Wildman–Crippen MR) is 116 cm³/mol. The zero-order chi connectivity index (χ0) is 20.4. The van der Waals surface area contributed by atoms with Gasteiger partial charge >= 0.3 is 0 Å². The Kier molecular flexibility index (Phi) is 5.13. The maximum atomic E-state index is 13.7. The highest BCUT2D eigenvalue weighted by Gasteiger charge is 2.46. The van der Waals surface area contributed by atoms with Crippen LogP contribution < -0.4 is 4.90 Å². The van der Waals surface area contributed by atoms with Crippen molar-refractivity contribution in [1.82, 2.24) is 0 Å². The molecule has 1 heterocycles. The number of nitrogens with zero attached hydrogens (tertiary/aromatic N) is 1. The molecule has 144 valence electrons. The van der Waals surface area contributed by atoms with Gasteiger partial charge in [-0.25, -0.2) is 0 Å². The number of para-hydroxylation sites is 1. The third kappa shape index (κ3) is 3.40. The van der Waals surface area contributed by atoms with Crippen molar-refractivity contribution in [3.05, 3.63) is 113 Å². The van der Waals surface area contributed by atoms with E-state index in [9.17, 15) is 9.59 Å². The van der Waals surface area contributed by atoms with Crippen molar-refractivity contribution in [2.45, 2.75) is 25.8 Å². The van der Waals surface area contributed by atoms with Crippen molar-refractivity contribution in [3.8, 4) is 0 Å². The average Bonchev–Trinajstić information content (AvgIpc) is 3.08. The highest BCUT2D eigenvalue weighted by molar-refractivity contribution is 6.08. The molecule has 4 rings (SSSR count). The number of allylic oxidation sites excluding steroid dienone is 1. The van der Waals surface area contributed by atoms with Gasteiger partial charge in [0.25, 0.3) is 0 Å². The molecule has 1 aliphatic rings. The van der Waals surface area contributed by atoms with Crippen LogP contribution in [0.3, 0.4) is 0 Å². The maximum Gasteiger partial charge on any atom is 0.186 e. The highest BCUT2D eigenvalue weighted by atomic mass is 16.1. The van der Waals surface area contributed by atoms with Crippen LogP contribution in [0, 0.1) is 0 Å². The van der Waals surface area contributed by atoms with Crippen LogP contribution in [0.4, 0.5) is 5.69 Å². The second-order valence-electron chi connectivity index (χ2n) is 7.32. The van der Waals surface area contributed by atoms with E-state index in [2.05, 4.69) is 0 Å².